The lowest BCUT2D eigenvalue weighted by Gasteiger charge is -2.08. The van der Waals surface area contributed by atoms with Gasteiger partial charge in [0, 0.05) is 19.5 Å². The van der Waals surface area contributed by atoms with Gasteiger partial charge in [-0.25, -0.2) is 0 Å². The summed E-state index contributed by atoms with van der Waals surface area (Å²) in [5.74, 6) is -0.147. The van der Waals surface area contributed by atoms with E-state index in [1.54, 1.807) is 6.92 Å². The van der Waals surface area contributed by atoms with Crippen LogP contribution in [0.5, 0.6) is 0 Å². The number of hydrogen-bond donors (Lipinski definition) is 2. The first-order valence-electron chi connectivity index (χ1n) is 5.38. The largest absolute Gasteiger partial charge is 0.466 e. The Labute approximate surface area is 96.8 Å². The molecule has 0 aliphatic heterocycles. The highest BCUT2D eigenvalue weighted by Crippen LogP contribution is 1.91. The number of nitrogens with one attached hydrogen (secondary N) is 2. The molecule has 0 rings (SSSR count). The Morgan fingerprint density at radius 1 is 1.27 bits per heavy atom. The van der Waals surface area contributed by atoms with Crippen molar-refractivity contribution in [3.63, 3.8) is 0 Å². The Morgan fingerprint density at radius 3 is 2.53 bits per heavy atom. The maximum absolute atomic E-state index is 11.0. The Kier molecular flexibility index (Phi) is 9.16. The molecule has 0 aliphatic rings. The van der Waals surface area contributed by atoms with E-state index in [4.69, 9.17) is 17.0 Å². The molecule has 0 saturated heterocycles. The van der Waals surface area contributed by atoms with Crippen LogP contribution in [-0.4, -0.2) is 30.8 Å². The van der Waals surface area contributed by atoms with Crippen LogP contribution in [0.4, 0.5) is 0 Å². The summed E-state index contributed by atoms with van der Waals surface area (Å²) in [5, 5.41) is 6.73. The summed E-state index contributed by atoms with van der Waals surface area (Å²) < 4.78 is 4.80. The highest BCUT2D eigenvalue weighted by Gasteiger charge is 2.00. The molecule has 0 radical (unpaired) electrons. The zero-order valence-electron chi connectivity index (χ0n) is 9.47. The zero-order valence-corrected chi connectivity index (χ0v) is 10.3. The van der Waals surface area contributed by atoms with Crippen molar-refractivity contribution >= 4 is 23.3 Å². The Bertz CT molecular complexity index is 198. The highest BCUT2D eigenvalue weighted by molar-refractivity contribution is 7.80. The van der Waals surface area contributed by atoms with Gasteiger partial charge in [-0.3, -0.25) is 4.79 Å². The minimum Gasteiger partial charge on any atom is -0.466 e. The summed E-state index contributed by atoms with van der Waals surface area (Å²) in [5.41, 5.74) is 0. The lowest BCUT2D eigenvalue weighted by atomic mass is 10.3. The second-order valence-electron chi connectivity index (χ2n) is 3.09. The Hall–Kier alpha value is -0.840. The SMILES string of the molecule is CCCNC(=S)NCCCC(=O)OCC. The van der Waals surface area contributed by atoms with Crippen LogP contribution in [0.3, 0.4) is 0 Å². The monoisotopic (exact) mass is 232 g/mol. The van der Waals surface area contributed by atoms with E-state index in [-0.39, 0.29) is 5.97 Å². The molecule has 0 aromatic rings. The summed E-state index contributed by atoms with van der Waals surface area (Å²) in [6.45, 7) is 5.91. The normalized spacial score (nSPS) is 9.47. The van der Waals surface area contributed by atoms with Gasteiger partial charge in [0.05, 0.1) is 6.61 Å². The van der Waals surface area contributed by atoms with Gasteiger partial charge in [-0.1, -0.05) is 6.92 Å². The summed E-state index contributed by atoms with van der Waals surface area (Å²) in [4.78, 5) is 11.0. The summed E-state index contributed by atoms with van der Waals surface area (Å²) in [6.07, 6.45) is 2.23. The lowest BCUT2D eigenvalue weighted by molar-refractivity contribution is -0.143. The number of thiocarbonyl (C=S) groups is 1. The van der Waals surface area contributed by atoms with E-state index in [1.165, 1.54) is 0 Å². The maximum Gasteiger partial charge on any atom is 0.305 e. The van der Waals surface area contributed by atoms with Crippen molar-refractivity contribution in [2.24, 2.45) is 0 Å². The highest BCUT2D eigenvalue weighted by atomic mass is 32.1. The fourth-order valence-electron chi connectivity index (χ4n) is 0.969. The van der Waals surface area contributed by atoms with Gasteiger partial charge in [-0.2, -0.15) is 0 Å². The molecule has 0 spiro atoms. The van der Waals surface area contributed by atoms with Gasteiger partial charge in [0.15, 0.2) is 5.11 Å². The second-order valence-corrected chi connectivity index (χ2v) is 3.50. The van der Waals surface area contributed by atoms with Crippen molar-refractivity contribution < 1.29 is 9.53 Å². The fourth-order valence-corrected chi connectivity index (χ4v) is 1.17. The van der Waals surface area contributed by atoms with E-state index in [1.807, 2.05) is 0 Å². The number of carbonyl (C=O) groups is 1. The second kappa shape index (κ2) is 9.71. The predicted octanol–water partition coefficient (Wildman–Crippen LogP) is 1.20. The van der Waals surface area contributed by atoms with Crippen LogP contribution in [0, 0.1) is 0 Å². The quantitative estimate of drug-likeness (QED) is 0.392. The van der Waals surface area contributed by atoms with Crippen LogP contribution in [-0.2, 0) is 9.53 Å². The molecular formula is C10H20N2O2S. The van der Waals surface area contributed by atoms with Gasteiger partial charge >= 0.3 is 5.97 Å². The molecule has 15 heavy (non-hydrogen) atoms. The predicted molar refractivity (Wildman–Crippen MR) is 64.8 cm³/mol. The molecule has 0 heterocycles. The number of ether oxygens (including phenoxy) is 1. The minimum atomic E-state index is -0.147. The third kappa shape index (κ3) is 9.46. The van der Waals surface area contributed by atoms with Crippen molar-refractivity contribution in [1.29, 1.82) is 0 Å². The smallest absolute Gasteiger partial charge is 0.305 e. The number of rotatable bonds is 7. The molecule has 0 bridgehead atoms. The van der Waals surface area contributed by atoms with E-state index in [0.29, 0.717) is 24.7 Å². The van der Waals surface area contributed by atoms with Crippen molar-refractivity contribution in [2.75, 3.05) is 19.7 Å². The molecule has 88 valence electrons. The van der Waals surface area contributed by atoms with E-state index in [9.17, 15) is 4.79 Å². The first kappa shape index (κ1) is 14.2. The van der Waals surface area contributed by atoms with Gasteiger partial charge in [0.25, 0.3) is 0 Å². The van der Waals surface area contributed by atoms with Crippen LogP contribution in [0.2, 0.25) is 0 Å². The molecule has 2 N–H and O–H groups in total. The summed E-state index contributed by atoms with van der Waals surface area (Å²) >= 11 is 5.01. The third-order valence-corrected chi connectivity index (χ3v) is 1.97. The zero-order chi connectivity index (χ0) is 11.5. The lowest BCUT2D eigenvalue weighted by Crippen LogP contribution is -2.36. The van der Waals surface area contributed by atoms with Gasteiger partial charge in [-0.15, -0.1) is 0 Å². The van der Waals surface area contributed by atoms with Crippen molar-refractivity contribution in [3.05, 3.63) is 0 Å². The van der Waals surface area contributed by atoms with E-state index in [2.05, 4.69) is 17.6 Å². The first-order valence-corrected chi connectivity index (χ1v) is 5.78. The molecular weight excluding hydrogens is 212 g/mol. The minimum absolute atomic E-state index is 0.147. The van der Waals surface area contributed by atoms with Crippen LogP contribution in [0.15, 0.2) is 0 Å². The molecule has 0 unspecified atom stereocenters. The van der Waals surface area contributed by atoms with E-state index in [0.717, 1.165) is 19.4 Å². The van der Waals surface area contributed by atoms with Crippen LogP contribution in [0.1, 0.15) is 33.1 Å². The average molecular weight is 232 g/mol. The average Bonchev–Trinajstić information content (AvgIpc) is 2.22. The Balaban J connectivity index is 3.30. The van der Waals surface area contributed by atoms with Crippen molar-refractivity contribution in [3.8, 4) is 0 Å². The summed E-state index contributed by atoms with van der Waals surface area (Å²) in [6, 6.07) is 0. The number of esters is 1. The van der Waals surface area contributed by atoms with Gasteiger partial charge < -0.3 is 15.4 Å². The van der Waals surface area contributed by atoms with Crippen LogP contribution >= 0.6 is 12.2 Å². The van der Waals surface area contributed by atoms with Gasteiger partial charge in [-0.05, 0) is 32.0 Å². The van der Waals surface area contributed by atoms with Gasteiger partial charge in [0.2, 0.25) is 0 Å². The number of carbonyl (C=O) groups excluding carboxylic acids is 1. The molecule has 0 saturated carbocycles. The third-order valence-electron chi connectivity index (χ3n) is 1.68. The molecule has 0 aliphatic carbocycles. The van der Waals surface area contributed by atoms with Crippen LogP contribution in [0.25, 0.3) is 0 Å². The molecule has 4 nitrogen and oxygen atoms in total. The Morgan fingerprint density at radius 2 is 1.93 bits per heavy atom. The molecule has 0 fully saturated rings. The number of hydrogen-bond acceptors (Lipinski definition) is 3. The van der Waals surface area contributed by atoms with Gasteiger partial charge in [0.1, 0.15) is 0 Å². The maximum atomic E-state index is 11.0. The van der Waals surface area contributed by atoms with Crippen molar-refractivity contribution in [2.45, 2.75) is 33.1 Å². The van der Waals surface area contributed by atoms with Crippen molar-refractivity contribution in [1.82, 2.24) is 10.6 Å². The molecule has 5 heteroatoms. The van der Waals surface area contributed by atoms with Crippen LogP contribution < -0.4 is 10.6 Å². The standard InChI is InChI=1S/C10H20N2O2S/c1-3-7-11-10(15)12-8-5-6-9(13)14-4-2/h3-8H2,1-2H3,(H2,11,12,15). The molecule has 0 aromatic carbocycles. The molecule has 0 aromatic heterocycles. The molecule has 0 atom stereocenters. The van der Waals surface area contributed by atoms with E-state index >= 15 is 0 Å². The fraction of sp³-hybridized carbons (Fsp3) is 0.800. The summed E-state index contributed by atoms with van der Waals surface area (Å²) in [7, 11) is 0. The topological polar surface area (TPSA) is 50.4 Å². The first-order chi connectivity index (χ1) is 7.20. The molecule has 0 amide bonds. The van der Waals surface area contributed by atoms with E-state index < -0.39 is 0 Å².